The van der Waals surface area contributed by atoms with Crippen LogP contribution in [0.1, 0.15) is 80.5 Å². The van der Waals surface area contributed by atoms with Crippen molar-refractivity contribution in [2.45, 2.75) is 89.2 Å². The van der Waals surface area contributed by atoms with Crippen LogP contribution in [0.3, 0.4) is 0 Å². The van der Waals surface area contributed by atoms with Gasteiger partial charge in [0.1, 0.15) is 10.6 Å². The Balaban J connectivity index is 1.64. The molecule has 0 radical (unpaired) electrons. The van der Waals surface area contributed by atoms with E-state index in [2.05, 4.69) is 15.6 Å². The van der Waals surface area contributed by atoms with Gasteiger partial charge in [0.25, 0.3) is 0 Å². The molecule has 0 bridgehead atoms. The van der Waals surface area contributed by atoms with Crippen molar-refractivity contribution < 1.29 is 14.6 Å². The highest BCUT2D eigenvalue weighted by Gasteiger charge is 2.43. The number of piperidine rings is 1. The van der Waals surface area contributed by atoms with Crippen molar-refractivity contribution in [3.63, 3.8) is 0 Å². The minimum Gasteiger partial charge on any atom is -0.385 e. The fourth-order valence-electron chi connectivity index (χ4n) is 5.76. The number of aliphatic hydroxyl groups is 1. The summed E-state index contributed by atoms with van der Waals surface area (Å²) in [4.78, 5) is 20.9. The molecular weight excluding hydrogens is 448 g/mol. The van der Waals surface area contributed by atoms with Crippen LogP contribution < -0.4 is 10.6 Å². The number of thiazole rings is 1. The molecule has 2 heterocycles. The number of nitrogens with zero attached hydrogens (tertiary/aromatic N) is 2. The standard InChI is InChI=1S/C26H46N4O3S/c1-20-17-28-24(34-20)26(32,13-7-8-15-33-3)22-12-9-14-30(19-22)25(31)29-23(18-27-2)16-21-10-5-4-6-11-21/h17,21-23,27,32H,4-16,18-19H2,1-3H3,(H,29,31)/t22-,23+,26+/m1/s1. The van der Waals surface area contributed by atoms with Crippen LogP contribution in [0.2, 0.25) is 0 Å². The molecule has 1 aromatic heterocycles. The molecule has 1 aliphatic heterocycles. The Morgan fingerprint density at radius 1 is 1.29 bits per heavy atom. The van der Waals surface area contributed by atoms with E-state index in [0.717, 1.165) is 55.1 Å². The van der Waals surface area contributed by atoms with Crippen molar-refractivity contribution in [1.82, 2.24) is 20.5 Å². The van der Waals surface area contributed by atoms with Crippen LogP contribution in [0.15, 0.2) is 6.20 Å². The average molecular weight is 495 g/mol. The van der Waals surface area contributed by atoms with E-state index >= 15 is 0 Å². The van der Waals surface area contributed by atoms with Crippen molar-refractivity contribution >= 4 is 17.4 Å². The SMILES string of the molecule is CNC[C@H](CC1CCCCC1)NC(=O)N1CCC[C@@H]([C@@](O)(CCCCOC)c2ncc(C)s2)C1. The maximum Gasteiger partial charge on any atom is 0.317 e. The van der Waals surface area contributed by atoms with Gasteiger partial charge in [0.05, 0.1) is 0 Å². The number of hydrogen-bond acceptors (Lipinski definition) is 6. The minimum absolute atomic E-state index is 0.0119. The number of nitrogens with one attached hydrogen (secondary N) is 2. The van der Waals surface area contributed by atoms with Gasteiger partial charge in [-0.3, -0.25) is 0 Å². The van der Waals surface area contributed by atoms with Gasteiger partial charge in [0.2, 0.25) is 0 Å². The Bertz CT molecular complexity index is 739. The second-order valence-electron chi connectivity index (χ2n) is 10.4. The fraction of sp³-hybridized carbons (Fsp3) is 0.846. The van der Waals surface area contributed by atoms with E-state index in [0.29, 0.717) is 25.5 Å². The molecule has 3 atom stereocenters. The van der Waals surface area contributed by atoms with E-state index in [9.17, 15) is 9.90 Å². The van der Waals surface area contributed by atoms with Crippen molar-refractivity contribution in [3.8, 4) is 0 Å². The summed E-state index contributed by atoms with van der Waals surface area (Å²) in [6.45, 7) is 4.83. The van der Waals surface area contributed by atoms with Gasteiger partial charge in [-0.15, -0.1) is 11.3 Å². The number of methoxy groups -OCH3 is 1. The van der Waals surface area contributed by atoms with Gasteiger partial charge in [-0.05, 0) is 58.4 Å². The van der Waals surface area contributed by atoms with Gasteiger partial charge in [-0.2, -0.15) is 0 Å². The van der Waals surface area contributed by atoms with Gasteiger partial charge in [0.15, 0.2) is 0 Å². The van der Waals surface area contributed by atoms with Crippen molar-refractivity contribution in [2.75, 3.05) is 40.4 Å². The Kier molecular flexibility index (Phi) is 11.1. The number of likely N-dealkylation sites (N-methyl/N-ethyl adjacent to an activating group) is 1. The number of hydrogen-bond donors (Lipinski definition) is 3. The summed E-state index contributed by atoms with van der Waals surface area (Å²) in [5, 5.41) is 19.3. The summed E-state index contributed by atoms with van der Waals surface area (Å²) in [6.07, 6.45) is 13.7. The lowest BCUT2D eigenvalue weighted by atomic mass is 9.78. The number of carbonyl (C=O) groups excluding carboxylic acids is 1. The molecule has 1 saturated carbocycles. The lowest BCUT2D eigenvalue weighted by Gasteiger charge is -2.42. The molecular formula is C26H46N4O3S. The molecule has 2 aliphatic rings. The van der Waals surface area contributed by atoms with Crippen LogP contribution in [-0.4, -0.2) is 67.5 Å². The molecule has 34 heavy (non-hydrogen) atoms. The first-order valence-electron chi connectivity index (χ1n) is 13.3. The third-order valence-corrected chi connectivity index (χ3v) is 8.73. The van der Waals surface area contributed by atoms with Crippen LogP contribution in [0, 0.1) is 18.8 Å². The minimum atomic E-state index is -1.00. The molecule has 7 nitrogen and oxygen atoms in total. The van der Waals surface area contributed by atoms with Gasteiger partial charge in [-0.25, -0.2) is 9.78 Å². The topological polar surface area (TPSA) is 86.7 Å². The van der Waals surface area contributed by atoms with Gasteiger partial charge in [-0.1, -0.05) is 32.1 Å². The van der Waals surface area contributed by atoms with Crippen LogP contribution in [-0.2, 0) is 10.3 Å². The molecule has 1 aliphatic carbocycles. The first-order valence-corrected chi connectivity index (χ1v) is 14.1. The molecule has 0 aromatic carbocycles. The largest absolute Gasteiger partial charge is 0.385 e. The Morgan fingerprint density at radius 2 is 2.09 bits per heavy atom. The number of rotatable bonds is 12. The van der Waals surface area contributed by atoms with E-state index in [1.54, 1.807) is 18.4 Å². The van der Waals surface area contributed by atoms with Crippen molar-refractivity contribution in [1.29, 1.82) is 0 Å². The van der Waals surface area contributed by atoms with Crippen molar-refractivity contribution in [2.24, 2.45) is 11.8 Å². The lowest BCUT2D eigenvalue weighted by Crippen LogP contribution is -2.54. The molecule has 3 rings (SSSR count). The molecule has 3 N–H and O–H groups in total. The zero-order chi connectivity index (χ0) is 24.4. The molecule has 1 saturated heterocycles. The monoisotopic (exact) mass is 494 g/mol. The predicted molar refractivity (Wildman–Crippen MR) is 138 cm³/mol. The quantitative estimate of drug-likeness (QED) is 0.374. The smallest absolute Gasteiger partial charge is 0.317 e. The summed E-state index contributed by atoms with van der Waals surface area (Å²) >= 11 is 1.58. The molecule has 1 aromatic rings. The second-order valence-corrected chi connectivity index (χ2v) is 11.6. The van der Waals surface area contributed by atoms with E-state index in [1.165, 1.54) is 32.1 Å². The van der Waals surface area contributed by atoms with Crippen LogP contribution in [0.5, 0.6) is 0 Å². The van der Waals surface area contributed by atoms with Gasteiger partial charge < -0.3 is 25.4 Å². The van der Waals surface area contributed by atoms with Crippen LogP contribution in [0.4, 0.5) is 4.79 Å². The van der Waals surface area contributed by atoms with Gasteiger partial charge >= 0.3 is 6.03 Å². The Labute approximate surface area is 210 Å². The zero-order valence-electron chi connectivity index (χ0n) is 21.5. The number of amides is 2. The van der Waals surface area contributed by atoms with Gasteiger partial charge in [0, 0.05) is 56.4 Å². The number of likely N-dealkylation sites (tertiary alicyclic amines) is 1. The highest BCUT2D eigenvalue weighted by molar-refractivity contribution is 7.11. The number of carbonyl (C=O) groups is 1. The molecule has 2 fully saturated rings. The Morgan fingerprint density at radius 3 is 2.76 bits per heavy atom. The predicted octanol–water partition coefficient (Wildman–Crippen LogP) is 4.44. The first kappa shape index (κ1) is 27.4. The summed E-state index contributed by atoms with van der Waals surface area (Å²) in [5.74, 6) is 0.702. The third kappa shape index (κ3) is 7.64. The summed E-state index contributed by atoms with van der Waals surface area (Å²) in [5.41, 5.74) is -1.00. The number of aromatic nitrogens is 1. The molecule has 0 spiro atoms. The average Bonchev–Trinajstić information content (AvgIpc) is 3.29. The Hall–Kier alpha value is -1.22. The maximum atomic E-state index is 13.3. The number of ether oxygens (including phenoxy) is 1. The molecule has 8 heteroatoms. The number of urea groups is 1. The first-order chi connectivity index (χ1) is 16.5. The van der Waals surface area contributed by atoms with E-state index < -0.39 is 5.60 Å². The third-order valence-electron chi connectivity index (χ3n) is 7.65. The second kappa shape index (κ2) is 13.8. The lowest BCUT2D eigenvalue weighted by molar-refractivity contribution is -0.0565. The van der Waals surface area contributed by atoms with E-state index in [-0.39, 0.29) is 18.0 Å². The van der Waals surface area contributed by atoms with Crippen molar-refractivity contribution in [3.05, 3.63) is 16.1 Å². The molecule has 0 unspecified atom stereocenters. The summed E-state index contributed by atoms with van der Waals surface area (Å²) in [6, 6.07) is 0.160. The zero-order valence-corrected chi connectivity index (χ0v) is 22.3. The van der Waals surface area contributed by atoms with E-state index in [1.807, 2.05) is 25.1 Å². The number of unbranched alkanes of at least 4 members (excludes halogenated alkanes) is 1. The van der Waals surface area contributed by atoms with Crippen LogP contribution in [0.25, 0.3) is 0 Å². The van der Waals surface area contributed by atoms with E-state index in [4.69, 9.17) is 4.74 Å². The molecule has 194 valence electrons. The normalized spacial score (nSPS) is 22.4. The highest BCUT2D eigenvalue weighted by atomic mass is 32.1. The molecule has 2 amide bonds. The van der Waals surface area contributed by atoms with Crippen LogP contribution >= 0.6 is 11.3 Å². The summed E-state index contributed by atoms with van der Waals surface area (Å²) < 4.78 is 5.21. The highest BCUT2D eigenvalue weighted by Crippen LogP contribution is 2.41. The maximum absolute atomic E-state index is 13.3. The summed E-state index contributed by atoms with van der Waals surface area (Å²) in [7, 11) is 3.67. The fourth-order valence-corrected chi connectivity index (χ4v) is 6.72. The number of aryl methyl sites for hydroxylation is 1.